The van der Waals surface area contributed by atoms with Crippen LogP contribution in [0.1, 0.15) is 40.0 Å². The number of aliphatic imine (C=N–C) groups is 1. The zero-order valence-corrected chi connectivity index (χ0v) is 16.4. The van der Waals surface area contributed by atoms with Crippen molar-refractivity contribution in [2.24, 2.45) is 4.99 Å². The molecule has 0 saturated heterocycles. The highest BCUT2D eigenvalue weighted by molar-refractivity contribution is 5.85. The maximum Gasteiger partial charge on any atom is 0.0778 e. The van der Waals surface area contributed by atoms with E-state index in [0.717, 1.165) is 46.4 Å². The first-order valence-corrected chi connectivity index (χ1v) is 9.27. The topological polar surface area (TPSA) is 17.3 Å². The average Bonchev–Trinajstić information content (AvgIpc) is 2.93. The molecule has 2 aromatic rings. The molecule has 2 rings (SSSR count). The van der Waals surface area contributed by atoms with E-state index in [-0.39, 0.29) is 5.54 Å². The lowest BCUT2D eigenvalue weighted by molar-refractivity contribution is 0.500. The Labute approximate surface area is 157 Å². The van der Waals surface area contributed by atoms with Crippen molar-refractivity contribution in [2.75, 3.05) is 0 Å². The van der Waals surface area contributed by atoms with Crippen molar-refractivity contribution in [2.45, 2.75) is 45.6 Å². The fourth-order valence-corrected chi connectivity index (χ4v) is 3.26. The summed E-state index contributed by atoms with van der Waals surface area (Å²) in [5.41, 5.74) is 3.00. The predicted octanol–water partition coefficient (Wildman–Crippen LogP) is 5.08. The second-order valence-corrected chi connectivity index (χ2v) is 6.64. The van der Waals surface area contributed by atoms with Crippen molar-refractivity contribution < 1.29 is 0 Å². The molecule has 2 heteroatoms. The first kappa shape index (κ1) is 19.7. The lowest BCUT2D eigenvalue weighted by atomic mass is 9.92. The maximum atomic E-state index is 4.35. The van der Waals surface area contributed by atoms with E-state index in [0.29, 0.717) is 0 Å². The van der Waals surface area contributed by atoms with Crippen LogP contribution in [0.3, 0.4) is 0 Å². The number of rotatable bonds is 8. The lowest BCUT2D eigenvalue weighted by Gasteiger charge is -2.22. The third-order valence-corrected chi connectivity index (χ3v) is 5.28. The van der Waals surface area contributed by atoms with Crippen LogP contribution in [0.4, 0.5) is 0 Å². The zero-order chi connectivity index (χ0) is 19.3. The van der Waals surface area contributed by atoms with Crippen LogP contribution in [0.5, 0.6) is 0 Å². The van der Waals surface area contributed by atoms with Gasteiger partial charge >= 0.3 is 0 Å². The second-order valence-electron chi connectivity index (χ2n) is 6.64. The normalized spacial score (nSPS) is 12.8. The first-order chi connectivity index (χ1) is 12.4. The summed E-state index contributed by atoms with van der Waals surface area (Å²) in [6, 6.07) is 8.21. The van der Waals surface area contributed by atoms with Crippen LogP contribution >= 0.6 is 0 Å². The van der Waals surface area contributed by atoms with Crippen molar-refractivity contribution in [1.29, 1.82) is 0 Å². The minimum atomic E-state index is -0.187. The summed E-state index contributed by atoms with van der Waals surface area (Å²) in [5, 5.41) is 2.96. The summed E-state index contributed by atoms with van der Waals surface area (Å²) in [4.78, 5) is 4.35. The minimum absolute atomic E-state index is 0.187. The summed E-state index contributed by atoms with van der Waals surface area (Å²) in [6.45, 7) is 22.9. The number of fused-ring (bicyclic) bond motifs is 1. The van der Waals surface area contributed by atoms with Crippen LogP contribution in [0, 0.1) is 0 Å². The molecule has 0 spiro atoms. The van der Waals surface area contributed by atoms with Gasteiger partial charge in [-0.15, -0.1) is 0 Å². The summed E-state index contributed by atoms with van der Waals surface area (Å²) in [6.07, 6.45) is 9.26. The summed E-state index contributed by atoms with van der Waals surface area (Å²) in [7, 11) is 0. The van der Waals surface area contributed by atoms with Crippen molar-refractivity contribution in [1.82, 2.24) is 4.57 Å². The smallest absolute Gasteiger partial charge is 0.0778 e. The highest BCUT2D eigenvalue weighted by atomic mass is 15.0. The highest BCUT2D eigenvalue weighted by Crippen LogP contribution is 2.23. The van der Waals surface area contributed by atoms with Gasteiger partial charge in [-0.1, -0.05) is 70.9 Å². The molecular formula is C24H30N2. The largest absolute Gasteiger partial charge is 0.310 e. The van der Waals surface area contributed by atoms with Gasteiger partial charge in [0.25, 0.3) is 0 Å². The fourth-order valence-electron chi connectivity index (χ4n) is 3.26. The second kappa shape index (κ2) is 8.18. The molecule has 0 N–H and O–H groups in total. The van der Waals surface area contributed by atoms with Crippen LogP contribution in [0.25, 0.3) is 29.8 Å². The van der Waals surface area contributed by atoms with Gasteiger partial charge in [-0.3, -0.25) is 4.99 Å². The molecule has 136 valence electrons. The number of hydrogen-bond acceptors (Lipinski definition) is 1. The Bertz CT molecular complexity index is 966. The Balaban J connectivity index is 2.47. The molecule has 0 saturated carbocycles. The summed E-state index contributed by atoms with van der Waals surface area (Å²) >= 11 is 0. The van der Waals surface area contributed by atoms with Gasteiger partial charge in [0.15, 0.2) is 0 Å². The van der Waals surface area contributed by atoms with E-state index in [9.17, 15) is 0 Å². The molecule has 0 bridgehead atoms. The van der Waals surface area contributed by atoms with Crippen LogP contribution in [0.2, 0.25) is 0 Å². The first-order valence-electron chi connectivity index (χ1n) is 9.27. The Kier molecular flexibility index (Phi) is 6.20. The molecule has 0 fully saturated rings. The fraction of sp³-hybridized carbons (Fsp3) is 0.292. The number of aromatic nitrogens is 1. The lowest BCUT2D eigenvalue weighted by Crippen LogP contribution is -2.25. The number of nitrogens with zero attached hydrogens (tertiary/aromatic N) is 2. The molecule has 0 amide bonds. The zero-order valence-electron chi connectivity index (χ0n) is 16.4. The third kappa shape index (κ3) is 3.65. The minimum Gasteiger partial charge on any atom is -0.310 e. The average molecular weight is 347 g/mol. The van der Waals surface area contributed by atoms with Crippen molar-refractivity contribution >= 4 is 36.5 Å². The molecule has 26 heavy (non-hydrogen) atoms. The van der Waals surface area contributed by atoms with Gasteiger partial charge in [0, 0.05) is 21.7 Å². The predicted molar refractivity (Wildman–Crippen MR) is 118 cm³/mol. The van der Waals surface area contributed by atoms with Gasteiger partial charge < -0.3 is 4.57 Å². The number of allylic oxidation sites excluding steroid dienone is 4. The Morgan fingerprint density at radius 1 is 1.15 bits per heavy atom. The molecule has 0 unspecified atom stereocenters. The van der Waals surface area contributed by atoms with E-state index in [2.05, 4.69) is 87.1 Å². The van der Waals surface area contributed by atoms with Crippen molar-refractivity contribution in [3.63, 3.8) is 0 Å². The molecule has 0 aliphatic carbocycles. The maximum absolute atomic E-state index is 4.35. The van der Waals surface area contributed by atoms with Crippen LogP contribution in [-0.2, 0) is 0 Å². The molecule has 1 aromatic heterocycles. The molecule has 1 heterocycles. The number of para-hydroxylation sites is 1. The Hall–Kier alpha value is -2.61. The monoisotopic (exact) mass is 346 g/mol. The van der Waals surface area contributed by atoms with Crippen LogP contribution in [-0.4, -0.2) is 16.8 Å². The van der Waals surface area contributed by atoms with E-state index in [1.165, 1.54) is 5.57 Å². The van der Waals surface area contributed by atoms with E-state index >= 15 is 0 Å². The quantitative estimate of drug-likeness (QED) is 0.468. The number of hydrogen-bond donors (Lipinski definition) is 0. The molecule has 0 radical (unpaired) electrons. The number of benzene rings is 1. The summed E-state index contributed by atoms with van der Waals surface area (Å²) in [5.74, 6) is 0. The molecule has 0 atom stereocenters. The third-order valence-electron chi connectivity index (χ3n) is 5.28. The molecule has 0 aliphatic rings. The molecule has 0 aliphatic heterocycles. The van der Waals surface area contributed by atoms with E-state index < -0.39 is 0 Å². The Morgan fingerprint density at radius 2 is 1.81 bits per heavy atom. The van der Waals surface area contributed by atoms with Gasteiger partial charge in [-0.05, 0) is 43.7 Å². The van der Waals surface area contributed by atoms with Gasteiger partial charge in [0.05, 0.1) is 11.1 Å². The Morgan fingerprint density at radius 3 is 2.38 bits per heavy atom. The highest BCUT2D eigenvalue weighted by Gasteiger charge is 2.19. The van der Waals surface area contributed by atoms with E-state index in [4.69, 9.17) is 0 Å². The standard InChI is InChI=1S/C24H30N2/c1-8-21(15-16-24(9-2,10-3)25-7)17-18(4)26-20(6)19(5)22-13-11-12-14-23(22)26/h11-17H,4-10H2,1-3H3/b16-15-,21-17+. The SMILES string of the molecule is C=NC(/C=C\C(=C\C(=C)n1c(=C)c(=C)c2ccccc21)CC)(CC)CC. The van der Waals surface area contributed by atoms with Crippen LogP contribution in [0.15, 0.2) is 59.6 Å². The van der Waals surface area contributed by atoms with Gasteiger partial charge in [0.2, 0.25) is 0 Å². The van der Waals surface area contributed by atoms with Crippen LogP contribution < -0.4 is 10.6 Å². The molecule has 2 nitrogen and oxygen atoms in total. The van der Waals surface area contributed by atoms with E-state index in [1.54, 1.807) is 0 Å². The van der Waals surface area contributed by atoms with Gasteiger partial charge in [-0.25, -0.2) is 0 Å². The van der Waals surface area contributed by atoms with Gasteiger partial charge in [0.1, 0.15) is 0 Å². The van der Waals surface area contributed by atoms with Crippen molar-refractivity contribution in [3.05, 3.63) is 65.2 Å². The molecular weight excluding hydrogens is 316 g/mol. The van der Waals surface area contributed by atoms with E-state index in [1.807, 2.05) is 12.1 Å². The molecule has 1 aromatic carbocycles. The van der Waals surface area contributed by atoms with Gasteiger partial charge in [-0.2, -0.15) is 0 Å². The van der Waals surface area contributed by atoms with Crippen molar-refractivity contribution in [3.8, 4) is 0 Å². The summed E-state index contributed by atoms with van der Waals surface area (Å²) < 4.78 is 2.08.